The summed E-state index contributed by atoms with van der Waals surface area (Å²) < 4.78 is 0. The smallest absolute Gasteiger partial charge is 0.165 e. The summed E-state index contributed by atoms with van der Waals surface area (Å²) in [5.41, 5.74) is 15.4. The highest BCUT2D eigenvalue weighted by molar-refractivity contribution is 7.99. The second-order valence-corrected chi connectivity index (χ2v) is 16.4. The number of nitrogens with zero attached hydrogens (tertiary/aromatic N) is 4. The van der Waals surface area contributed by atoms with Gasteiger partial charge in [0.2, 0.25) is 0 Å². The predicted molar refractivity (Wildman–Crippen MR) is 244 cm³/mol. The molecular weight excluding hydrogens is 749 g/mol. The molecule has 2 aromatic heterocycles. The van der Waals surface area contributed by atoms with E-state index in [4.69, 9.17) is 15.0 Å². The number of benzene rings is 8. The number of fused-ring (bicyclic) bond motifs is 10. The summed E-state index contributed by atoms with van der Waals surface area (Å²) in [6, 6.07) is 71.4. The van der Waals surface area contributed by atoms with E-state index in [9.17, 15) is 0 Å². The van der Waals surface area contributed by atoms with Crippen LogP contribution >= 0.6 is 11.8 Å². The SMILES string of the molecule is c1ccc(-c2ccc(-c3nc(-c4ccccc4-c4ccc5ncccc5c4)nc(-c4cccc5c4Sc4ccccc4C54c5ccccc5-c5ccccc54)n3)cc2)cc1. The second-order valence-electron chi connectivity index (χ2n) is 15.3. The Labute approximate surface area is 352 Å². The Balaban J connectivity index is 1.10. The van der Waals surface area contributed by atoms with E-state index in [0.29, 0.717) is 17.5 Å². The molecule has 1 spiro atoms. The van der Waals surface area contributed by atoms with Crippen molar-refractivity contribution in [3.8, 4) is 67.5 Å². The second kappa shape index (κ2) is 13.8. The molecule has 8 aromatic carbocycles. The van der Waals surface area contributed by atoms with Crippen molar-refractivity contribution in [1.29, 1.82) is 0 Å². The molecule has 0 unspecified atom stereocenters. The van der Waals surface area contributed by atoms with Crippen LogP contribution in [0.2, 0.25) is 0 Å². The van der Waals surface area contributed by atoms with Crippen molar-refractivity contribution in [2.75, 3.05) is 0 Å². The molecular formula is C55H34N4S. The Kier molecular flexibility index (Phi) is 7.97. The van der Waals surface area contributed by atoms with Crippen LogP contribution in [-0.2, 0) is 5.41 Å². The summed E-state index contributed by atoms with van der Waals surface area (Å²) in [5, 5.41) is 1.08. The van der Waals surface area contributed by atoms with Gasteiger partial charge in [-0.3, -0.25) is 4.98 Å². The zero-order valence-electron chi connectivity index (χ0n) is 32.3. The van der Waals surface area contributed by atoms with E-state index in [1.165, 1.54) is 38.3 Å². The largest absolute Gasteiger partial charge is 0.256 e. The first-order valence-electron chi connectivity index (χ1n) is 20.2. The van der Waals surface area contributed by atoms with Gasteiger partial charge in [-0.1, -0.05) is 188 Å². The quantitative estimate of drug-likeness (QED) is 0.174. The Morgan fingerprint density at radius 2 is 0.900 bits per heavy atom. The first-order chi connectivity index (χ1) is 29.7. The molecule has 2 aliphatic rings. The lowest BCUT2D eigenvalue weighted by atomic mass is 9.67. The Morgan fingerprint density at radius 3 is 1.67 bits per heavy atom. The van der Waals surface area contributed by atoms with Crippen LogP contribution in [0.5, 0.6) is 0 Å². The van der Waals surface area contributed by atoms with E-state index >= 15 is 0 Å². The van der Waals surface area contributed by atoms with Gasteiger partial charge in [-0.15, -0.1) is 0 Å². The van der Waals surface area contributed by atoms with Gasteiger partial charge in [-0.05, 0) is 79.9 Å². The van der Waals surface area contributed by atoms with Crippen LogP contribution in [0.15, 0.2) is 216 Å². The molecule has 1 aliphatic carbocycles. The molecule has 0 amide bonds. The van der Waals surface area contributed by atoms with Crippen molar-refractivity contribution in [2.45, 2.75) is 15.2 Å². The Hall–Kier alpha value is -7.47. The monoisotopic (exact) mass is 782 g/mol. The fourth-order valence-electron chi connectivity index (χ4n) is 9.42. The first kappa shape index (κ1) is 34.6. The average Bonchev–Trinajstić information content (AvgIpc) is 3.62. The van der Waals surface area contributed by atoms with Crippen LogP contribution in [0.1, 0.15) is 22.3 Å². The average molecular weight is 783 g/mol. The number of rotatable bonds is 5. The fourth-order valence-corrected chi connectivity index (χ4v) is 10.7. The molecule has 5 heteroatoms. The summed E-state index contributed by atoms with van der Waals surface area (Å²) in [5.74, 6) is 1.88. The maximum Gasteiger partial charge on any atom is 0.165 e. The van der Waals surface area contributed by atoms with Crippen molar-refractivity contribution in [3.05, 3.63) is 229 Å². The van der Waals surface area contributed by atoms with Gasteiger partial charge in [0.15, 0.2) is 17.5 Å². The van der Waals surface area contributed by atoms with Crippen molar-refractivity contribution >= 4 is 22.7 Å². The molecule has 12 rings (SSSR count). The molecule has 0 N–H and O–H groups in total. The lowest BCUT2D eigenvalue weighted by molar-refractivity contribution is 0.722. The van der Waals surface area contributed by atoms with Crippen LogP contribution in [0.25, 0.3) is 78.4 Å². The lowest BCUT2D eigenvalue weighted by Gasteiger charge is -2.40. The van der Waals surface area contributed by atoms with Crippen LogP contribution in [0.3, 0.4) is 0 Å². The third-order valence-electron chi connectivity index (χ3n) is 12.1. The van der Waals surface area contributed by atoms with Gasteiger partial charge in [0.05, 0.1) is 10.9 Å². The number of hydrogen-bond donors (Lipinski definition) is 0. The maximum absolute atomic E-state index is 5.43. The molecule has 4 nitrogen and oxygen atoms in total. The normalized spacial score (nSPS) is 13.1. The van der Waals surface area contributed by atoms with Crippen molar-refractivity contribution < 1.29 is 0 Å². The van der Waals surface area contributed by atoms with Gasteiger partial charge >= 0.3 is 0 Å². The van der Waals surface area contributed by atoms with Crippen LogP contribution in [-0.4, -0.2) is 19.9 Å². The lowest BCUT2D eigenvalue weighted by Crippen LogP contribution is -2.32. The minimum atomic E-state index is -0.510. The highest BCUT2D eigenvalue weighted by Gasteiger charge is 2.50. The predicted octanol–water partition coefficient (Wildman–Crippen LogP) is 13.6. The summed E-state index contributed by atoms with van der Waals surface area (Å²) >= 11 is 1.81. The van der Waals surface area contributed by atoms with Crippen LogP contribution < -0.4 is 0 Å². The number of pyridine rings is 1. The van der Waals surface area contributed by atoms with Crippen LogP contribution in [0, 0.1) is 0 Å². The molecule has 0 saturated carbocycles. The minimum absolute atomic E-state index is 0.510. The van der Waals surface area contributed by atoms with Crippen LogP contribution in [0.4, 0.5) is 0 Å². The van der Waals surface area contributed by atoms with Crippen molar-refractivity contribution in [3.63, 3.8) is 0 Å². The topological polar surface area (TPSA) is 51.6 Å². The van der Waals surface area contributed by atoms with Gasteiger partial charge in [-0.2, -0.15) is 0 Å². The molecule has 0 bridgehead atoms. The molecule has 0 saturated heterocycles. The summed E-state index contributed by atoms with van der Waals surface area (Å²) in [6.45, 7) is 0. The van der Waals surface area contributed by atoms with Gasteiger partial charge in [-0.25, -0.2) is 15.0 Å². The van der Waals surface area contributed by atoms with Gasteiger partial charge in [0.25, 0.3) is 0 Å². The third kappa shape index (κ3) is 5.33. The van der Waals surface area contributed by atoms with E-state index in [-0.39, 0.29) is 0 Å². The van der Waals surface area contributed by atoms with E-state index in [2.05, 4.69) is 193 Å². The zero-order valence-corrected chi connectivity index (χ0v) is 33.1. The van der Waals surface area contributed by atoms with Gasteiger partial charge in [0, 0.05) is 38.1 Å². The van der Waals surface area contributed by atoms with Gasteiger partial charge in [0.1, 0.15) is 0 Å². The highest BCUT2D eigenvalue weighted by atomic mass is 32.2. The molecule has 10 aromatic rings. The van der Waals surface area contributed by atoms with E-state index < -0.39 is 5.41 Å². The van der Waals surface area contributed by atoms with E-state index in [1.54, 1.807) is 0 Å². The molecule has 60 heavy (non-hydrogen) atoms. The van der Waals surface area contributed by atoms with Crippen molar-refractivity contribution in [1.82, 2.24) is 19.9 Å². The minimum Gasteiger partial charge on any atom is -0.256 e. The standard InChI is InChI=1S/C55H34N4S/c1-2-14-35(15-3-1)36-27-29-37(30-28-36)52-57-53(43-20-5-4-17-40(43)38-31-32-49-39(34-38)16-13-33-56-49)59-54(58-52)44-21-12-25-48-51(44)60-50-26-11-10-24-47(50)55(48)45-22-8-6-18-41(45)42-19-7-9-23-46(42)55/h1-34H. The molecule has 3 heterocycles. The fraction of sp³-hybridized carbons (Fsp3) is 0.0182. The van der Waals surface area contributed by atoms with Crippen molar-refractivity contribution in [2.24, 2.45) is 0 Å². The van der Waals surface area contributed by atoms with Gasteiger partial charge < -0.3 is 0 Å². The highest BCUT2D eigenvalue weighted by Crippen LogP contribution is 2.63. The molecule has 0 radical (unpaired) electrons. The Bertz CT molecular complexity index is 3260. The maximum atomic E-state index is 5.43. The number of hydrogen-bond acceptors (Lipinski definition) is 5. The number of aromatic nitrogens is 4. The van der Waals surface area contributed by atoms with E-state index in [1.807, 2.05) is 30.1 Å². The summed E-state index contributed by atoms with van der Waals surface area (Å²) in [7, 11) is 0. The molecule has 1 aliphatic heterocycles. The molecule has 0 atom stereocenters. The zero-order chi connectivity index (χ0) is 39.6. The third-order valence-corrected chi connectivity index (χ3v) is 13.3. The first-order valence-corrected chi connectivity index (χ1v) is 21.0. The molecule has 280 valence electrons. The summed E-state index contributed by atoms with van der Waals surface area (Å²) in [4.78, 5) is 23.0. The summed E-state index contributed by atoms with van der Waals surface area (Å²) in [6.07, 6.45) is 1.83. The molecule has 0 fully saturated rings. The van der Waals surface area contributed by atoms with E-state index in [0.717, 1.165) is 54.7 Å². The Morgan fingerprint density at radius 1 is 0.350 bits per heavy atom.